The van der Waals surface area contributed by atoms with E-state index in [0.717, 1.165) is 25.2 Å². The number of anilines is 1. The molecule has 106 valence electrons. The summed E-state index contributed by atoms with van der Waals surface area (Å²) in [4.78, 5) is 6.65. The van der Waals surface area contributed by atoms with E-state index in [4.69, 9.17) is 0 Å². The first-order valence-electron chi connectivity index (χ1n) is 7.06. The first-order valence-corrected chi connectivity index (χ1v) is 7.06. The number of likely N-dealkylation sites (N-methyl/N-ethyl adjacent to an activating group) is 1. The van der Waals surface area contributed by atoms with E-state index in [0.29, 0.717) is 0 Å². The molecule has 0 aliphatic carbocycles. The van der Waals surface area contributed by atoms with Crippen LogP contribution in [0.3, 0.4) is 0 Å². The number of hydrogen-bond acceptors (Lipinski definition) is 3. The Morgan fingerprint density at radius 3 is 2.70 bits per heavy atom. The second-order valence-electron chi connectivity index (χ2n) is 5.13. The van der Waals surface area contributed by atoms with E-state index in [1.807, 2.05) is 25.4 Å². The fraction of sp³-hybridized carbons (Fsp3) is 0.353. The van der Waals surface area contributed by atoms with E-state index in [1.165, 1.54) is 16.8 Å². The van der Waals surface area contributed by atoms with Gasteiger partial charge in [-0.1, -0.05) is 12.1 Å². The van der Waals surface area contributed by atoms with E-state index in [1.54, 1.807) is 0 Å². The number of aryl methyl sites for hydroxylation is 1. The molecule has 0 atom stereocenters. The number of pyridine rings is 1. The smallest absolute Gasteiger partial charge is 0.0421 e. The average molecular weight is 269 g/mol. The number of aromatic nitrogens is 1. The number of benzene rings is 1. The predicted octanol–water partition coefficient (Wildman–Crippen LogP) is 2.79. The lowest BCUT2D eigenvalue weighted by Gasteiger charge is -2.20. The van der Waals surface area contributed by atoms with E-state index < -0.39 is 0 Å². The van der Waals surface area contributed by atoms with Crippen LogP contribution < -0.4 is 10.2 Å². The van der Waals surface area contributed by atoms with Gasteiger partial charge >= 0.3 is 0 Å². The first-order chi connectivity index (χ1) is 9.70. The monoisotopic (exact) mass is 269 g/mol. The molecule has 1 N–H and O–H groups in total. The highest BCUT2D eigenvalue weighted by molar-refractivity contribution is 5.50. The third-order valence-corrected chi connectivity index (χ3v) is 3.56. The molecule has 0 saturated heterocycles. The molecule has 2 rings (SSSR count). The van der Waals surface area contributed by atoms with Crippen LogP contribution in [-0.4, -0.2) is 25.6 Å². The largest absolute Gasteiger partial charge is 0.374 e. The van der Waals surface area contributed by atoms with E-state index >= 15 is 0 Å². The first kappa shape index (κ1) is 14.5. The van der Waals surface area contributed by atoms with Crippen molar-refractivity contribution in [1.29, 1.82) is 0 Å². The number of nitrogens with zero attached hydrogens (tertiary/aromatic N) is 2. The topological polar surface area (TPSA) is 28.2 Å². The van der Waals surface area contributed by atoms with Crippen LogP contribution in [0.4, 0.5) is 5.69 Å². The highest BCUT2D eigenvalue weighted by Gasteiger charge is 2.04. The highest BCUT2D eigenvalue weighted by atomic mass is 15.1. The van der Waals surface area contributed by atoms with E-state index in [2.05, 4.69) is 53.4 Å². The van der Waals surface area contributed by atoms with Crippen molar-refractivity contribution >= 4 is 5.69 Å². The minimum atomic E-state index is 0.920. The van der Waals surface area contributed by atoms with Gasteiger partial charge in [-0.15, -0.1) is 0 Å². The van der Waals surface area contributed by atoms with Crippen molar-refractivity contribution in [2.24, 2.45) is 0 Å². The Bertz CT molecular complexity index is 537. The maximum atomic E-state index is 4.37. The molecule has 2 aromatic rings. The summed E-state index contributed by atoms with van der Waals surface area (Å²) < 4.78 is 0. The van der Waals surface area contributed by atoms with Crippen molar-refractivity contribution in [3.63, 3.8) is 0 Å². The number of hydrogen-bond donors (Lipinski definition) is 1. The third kappa shape index (κ3) is 3.81. The molecule has 0 aliphatic rings. The normalized spacial score (nSPS) is 10.6. The number of nitrogens with one attached hydrogen (secondary N) is 1. The van der Waals surface area contributed by atoms with Crippen molar-refractivity contribution in [2.45, 2.75) is 19.9 Å². The van der Waals surface area contributed by atoms with Gasteiger partial charge in [-0.25, -0.2) is 0 Å². The van der Waals surface area contributed by atoms with Gasteiger partial charge in [0.1, 0.15) is 0 Å². The van der Waals surface area contributed by atoms with Crippen LogP contribution in [0.5, 0.6) is 0 Å². The van der Waals surface area contributed by atoms with Gasteiger partial charge in [0.15, 0.2) is 0 Å². The Labute approximate surface area is 121 Å². The molecule has 3 nitrogen and oxygen atoms in total. The summed E-state index contributed by atoms with van der Waals surface area (Å²) >= 11 is 0. The molecule has 0 bridgehead atoms. The molecule has 0 fully saturated rings. The molecule has 0 amide bonds. The zero-order valence-electron chi connectivity index (χ0n) is 12.6. The summed E-state index contributed by atoms with van der Waals surface area (Å²) in [6.07, 6.45) is 2.82. The minimum Gasteiger partial charge on any atom is -0.374 e. The summed E-state index contributed by atoms with van der Waals surface area (Å²) in [6.45, 7) is 4.06. The van der Waals surface area contributed by atoms with Crippen molar-refractivity contribution in [2.75, 3.05) is 25.5 Å². The second-order valence-corrected chi connectivity index (χ2v) is 5.13. The fourth-order valence-electron chi connectivity index (χ4n) is 2.26. The molecular weight excluding hydrogens is 246 g/mol. The van der Waals surface area contributed by atoms with Crippen LogP contribution in [0.1, 0.15) is 16.8 Å². The van der Waals surface area contributed by atoms with Crippen LogP contribution in [0.15, 0.2) is 42.6 Å². The lowest BCUT2D eigenvalue weighted by Crippen LogP contribution is -2.21. The van der Waals surface area contributed by atoms with Gasteiger partial charge in [-0.3, -0.25) is 4.98 Å². The van der Waals surface area contributed by atoms with Crippen LogP contribution >= 0.6 is 0 Å². The maximum absolute atomic E-state index is 4.37. The molecule has 1 heterocycles. The van der Waals surface area contributed by atoms with Crippen molar-refractivity contribution in [3.8, 4) is 0 Å². The van der Waals surface area contributed by atoms with Gasteiger partial charge < -0.3 is 10.2 Å². The van der Waals surface area contributed by atoms with E-state index in [9.17, 15) is 0 Å². The summed E-state index contributed by atoms with van der Waals surface area (Å²) in [7, 11) is 4.11. The zero-order valence-corrected chi connectivity index (χ0v) is 12.6. The molecule has 1 aromatic heterocycles. The molecular formula is C17H23N3. The lowest BCUT2D eigenvalue weighted by atomic mass is 10.1. The third-order valence-electron chi connectivity index (χ3n) is 3.56. The Kier molecular flexibility index (Phi) is 5.13. The molecule has 0 unspecified atom stereocenters. The van der Waals surface area contributed by atoms with Crippen LogP contribution in [0.2, 0.25) is 0 Å². The van der Waals surface area contributed by atoms with Gasteiger partial charge in [0.05, 0.1) is 0 Å². The molecule has 0 saturated carbocycles. The predicted molar refractivity (Wildman–Crippen MR) is 85.2 cm³/mol. The average Bonchev–Trinajstić information content (AvgIpc) is 2.48. The Hall–Kier alpha value is -1.87. The SMILES string of the molecule is CNCc1ccc(N(C)CCc2ccccn2)cc1C. The summed E-state index contributed by atoms with van der Waals surface area (Å²) in [5.74, 6) is 0. The van der Waals surface area contributed by atoms with Crippen molar-refractivity contribution < 1.29 is 0 Å². The van der Waals surface area contributed by atoms with Crippen molar-refractivity contribution in [3.05, 3.63) is 59.4 Å². The fourth-order valence-corrected chi connectivity index (χ4v) is 2.26. The molecule has 0 radical (unpaired) electrons. The van der Waals surface area contributed by atoms with Crippen LogP contribution in [0.25, 0.3) is 0 Å². The Balaban J connectivity index is 1.98. The molecule has 0 spiro atoms. The van der Waals surface area contributed by atoms with Gasteiger partial charge in [0.2, 0.25) is 0 Å². The van der Waals surface area contributed by atoms with Gasteiger partial charge in [-0.05, 0) is 49.4 Å². The molecule has 20 heavy (non-hydrogen) atoms. The van der Waals surface area contributed by atoms with E-state index in [-0.39, 0.29) is 0 Å². The van der Waals surface area contributed by atoms with Gasteiger partial charge in [0, 0.05) is 44.1 Å². The van der Waals surface area contributed by atoms with Crippen molar-refractivity contribution in [1.82, 2.24) is 10.3 Å². The molecule has 0 aliphatic heterocycles. The van der Waals surface area contributed by atoms with Crippen LogP contribution in [0, 0.1) is 6.92 Å². The Morgan fingerprint density at radius 2 is 2.05 bits per heavy atom. The summed E-state index contributed by atoms with van der Waals surface area (Å²) in [5.41, 5.74) is 5.09. The maximum Gasteiger partial charge on any atom is 0.0421 e. The second kappa shape index (κ2) is 7.06. The summed E-state index contributed by atoms with van der Waals surface area (Å²) in [5, 5.41) is 3.20. The molecule has 1 aromatic carbocycles. The standard InChI is InChI=1S/C17H23N3/c1-14-12-17(8-7-15(14)13-18-2)20(3)11-9-16-6-4-5-10-19-16/h4-8,10,12,18H,9,11,13H2,1-3H3. The number of rotatable bonds is 6. The molecule has 3 heteroatoms. The summed E-state index contributed by atoms with van der Waals surface area (Å²) in [6, 6.07) is 12.7. The van der Waals surface area contributed by atoms with Gasteiger partial charge in [-0.2, -0.15) is 0 Å². The zero-order chi connectivity index (χ0) is 14.4. The quantitative estimate of drug-likeness (QED) is 0.874. The highest BCUT2D eigenvalue weighted by Crippen LogP contribution is 2.18. The minimum absolute atomic E-state index is 0.920. The van der Waals surface area contributed by atoms with Crippen LogP contribution in [-0.2, 0) is 13.0 Å². The lowest BCUT2D eigenvalue weighted by molar-refractivity contribution is 0.810. The van der Waals surface area contributed by atoms with Gasteiger partial charge in [0.25, 0.3) is 0 Å². The Morgan fingerprint density at radius 1 is 1.20 bits per heavy atom.